The standard InChI is InChI=1S/C15H17NO2S2/c1-13-6-8-14(9-7-13)20(17,18)12-11-19-15-5-3-2-4-10-16-15/h2-4,6-10H,5,11-12H2,1H3. The van der Waals surface area contributed by atoms with Crippen LogP contribution in [0, 0.1) is 6.92 Å². The number of thioether (sulfide) groups is 1. The van der Waals surface area contributed by atoms with Gasteiger partial charge in [-0.15, -0.1) is 11.8 Å². The molecule has 2 rings (SSSR count). The Morgan fingerprint density at radius 1 is 1.20 bits per heavy atom. The van der Waals surface area contributed by atoms with Crippen molar-refractivity contribution in [2.24, 2.45) is 4.99 Å². The van der Waals surface area contributed by atoms with Crippen LogP contribution in [0.1, 0.15) is 12.0 Å². The first kappa shape index (κ1) is 15.1. The fourth-order valence-corrected chi connectivity index (χ4v) is 4.29. The summed E-state index contributed by atoms with van der Waals surface area (Å²) in [5.41, 5.74) is 1.06. The van der Waals surface area contributed by atoms with Gasteiger partial charge in [0.15, 0.2) is 9.84 Å². The zero-order valence-electron chi connectivity index (χ0n) is 11.3. The Balaban J connectivity index is 1.93. The predicted molar refractivity (Wildman–Crippen MR) is 86.0 cm³/mol. The average Bonchev–Trinajstić information content (AvgIpc) is 2.68. The molecule has 0 amide bonds. The molecule has 0 radical (unpaired) electrons. The minimum atomic E-state index is -3.20. The molecule has 106 valence electrons. The molecule has 1 aromatic rings. The molecule has 0 bridgehead atoms. The summed E-state index contributed by atoms with van der Waals surface area (Å²) in [5, 5.41) is 0.953. The lowest BCUT2D eigenvalue weighted by molar-refractivity contribution is 0.597. The summed E-state index contributed by atoms with van der Waals surface area (Å²) in [6.45, 7) is 1.94. The van der Waals surface area contributed by atoms with E-state index in [-0.39, 0.29) is 5.75 Å². The Bertz CT molecular complexity index is 641. The second-order valence-corrected chi connectivity index (χ2v) is 7.75. The zero-order chi connectivity index (χ0) is 14.4. The van der Waals surface area contributed by atoms with E-state index in [9.17, 15) is 8.42 Å². The van der Waals surface area contributed by atoms with Crippen LogP contribution in [0.5, 0.6) is 0 Å². The molecule has 0 saturated carbocycles. The fraction of sp³-hybridized carbons (Fsp3) is 0.267. The van der Waals surface area contributed by atoms with E-state index >= 15 is 0 Å². The smallest absolute Gasteiger partial charge is 0.179 e. The van der Waals surface area contributed by atoms with Crippen LogP contribution in [0.2, 0.25) is 0 Å². The maximum absolute atomic E-state index is 12.2. The summed E-state index contributed by atoms with van der Waals surface area (Å²) in [6.07, 6.45) is 8.34. The SMILES string of the molecule is Cc1ccc(S(=O)(=O)CCSC2=NC=CC=CC2)cc1. The van der Waals surface area contributed by atoms with Gasteiger partial charge in [0.2, 0.25) is 0 Å². The number of hydrogen-bond donors (Lipinski definition) is 0. The Hall–Kier alpha value is -1.33. The van der Waals surface area contributed by atoms with Crippen LogP contribution in [0.4, 0.5) is 0 Å². The molecular weight excluding hydrogens is 290 g/mol. The Kier molecular flexibility index (Phi) is 5.20. The number of allylic oxidation sites excluding steroid dienone is 3. The van der Waals surface area contributed by atoms with Gasteiger partial charge < -0.3 is 0 Å². The highest BCUT2D eigenvalue weighted by Gasteiger charge is 2.14. The van der Waals surface area contributed by atoms with Crippen molar-refractivity contribution >= 4 is 26.6 Å². The van der Waals surface area contributed by atoms with Gasteiger partial charge in [0, 0.05) is 18.4 Å². The molecule has 0 atom stereocenters. The summed E-state index contributed by atoms with van der Waals surface area (Å²) >= 11 is 1.50. The molecule has 0 saturated heterocycles. The van der Waals surface area contributed by atoms with E-state index in [2.05, 4.69) is 4.99 Å². The monoisotopic (exact) mass is 307 g/mol. The molecule has 0 aliphatic carbocycles. The third-order valence-electron chi connectivity index (χ3n) is 2.85. The van der Waals surface area contributed by atoms with Gasteiger partial charge >= 0.3 is 0 Å². The highest BCUT2D eigenvalue weighted by Crippen LogP contribution is 2.16. The van der Waals surface area contributed by atoms with Gasteiger partial charge in [-0.1, -0.05) is 29.8 Å². The average molecular weight is 307 g/mol. The number of benzene rings is 1. The normalized spacial score (nSPS) is 14.9. The number of rotatable bonds is 4. The number of hydrogen-bond acceptors (Lipinski definition) is 4. The van der Waals surface area contributed by atoms with Gasteiger partial charge in [-0.2, -0.15) is 0 Å². The Morgan fingerprint density at radius 2 is 1.95 bits per heavy atom. The first-order valence-corrected chi connectivity index (χ1v) is 9.02. The minimum Gasteiger partial charge on any atom is -0.254 e. The lowest BCUT2D eigenvalue weighted by Gasteiger charge is -2.05. The highest BCUT2D eigenvalue weighted by molar-refractivity contribution is 8.14. The van der Waals surface area contributed by atoms with Crippen LogP contribution < -0.4 is 0 Å². The number of nitrogens with zero attached hydrogens (tertiary/aromatic N) is 1. The van der Waals surface area contributed by atoms with Gasteiger partial charge in [0.1, 0.15) is 0 Å². The van der Waals surface area contributed by atoms with E-state index in [4.69, 9.17) is 0 Å². The fourth-order valence-electron chi connectivity index (χ4n) is 1.70. The van der Waals surface area contributed by atoms with Crippen molar-refractivity contribution in [3.8, 4) is 0 Å². The molecule has 1 aliphatic rings. The van der Waals surface area contributed by atoms with E-state index in [0.717, 1.165) is 17.0 Å². The molecule has 5 heteroatoms. The number of sulfone groups is 1. The third-order valence-corrected chi connectivity index (χ3v) is 5.85. The van der Waals surface area contributed by atoms with E-state index in [1.54, 1.807) is 18.3 Å². The summed E-state index contributed by atoms with van der Waals surface area (Å²) < 4.78 is 24.3. The lowest BCUT2D eigenvalue weighted by Crippen LogP contribution is -2.10. The zero-order valence-corrected chi connectivity index (χ0v) is 13.0. The van der Waals surface area contributed by atoms with Crippen LogP contribution in [0.15, 0.2) is 58.6 Å². The van der Waals surface area contributed by atoms with Gasteiger partial charge in [0.25, 0.3) is 0 Å². The van der Waals surface area contributed by atoms with Crippen LogP contribution in [-0.4, -0.2) is 25.0 Å². The molecule has 1 heterocycles. The van der Waals surface area contributed by atoms with Gasteiger partial charge in [-0.25, -0.2) is 8.42 Å². The lowest BCUT2D eigenvalue weighted by atomic mass is 10.2. The highest BCUT2D eigenvalue weighted by atomic mass is 32.2. The Labute approximate surface area is 124 Å². The number of aliphatic imine (C=N–C) groups is 1. The topological polar surface area (TPSA) is 46.5 Å². The first-order chi connectivity index (χ1) is 9.58. The largest absolute Gasteiger partial charge is 0.254 e. The van der Waals surface area contributed by atoms with Gasteiger partial charge in [-0.05, 0) is 25.1 Å². The maximum atomic E-state index is 12.2. The summed E-state index contributed by atoms with van der Waals surface area (Å²) in [6, 6.07) is 6.99. The van der Waals surface area contributed by atoms with Gasteiger partial charge in [-0.3, -0.25) is 4.99 Å². The summed E-state index contributed by atoms with van der Waals surface area (Å²) in [7, 11) is -3.20. The van der Waals surface area contributed by atoms with E-state index < -0.39 is 9.84 Å². The predicted octanol–water partition coefficient (Wildman–Crippen LogP) is 3.37. The molecule has 0 aromatic heterocycles. The van der Waals surface area contributed by atoms with Crippen molar-refractivity contribution in [1.29, 1.82) is 0 Å². The molecule has 3 nitrogen and oxygen atoms in total. The molecule has 1 aliphatic heterocycles. The van der Waals surface area contributed by atoms with E-state index in [0.29, 0.717) is 10.6 Å². The van der Waals surface area contributed by atoms with Gasteiger partial charge in [0.05, 0.1) is 15.7 Å². The number of aryl methyl sites for hydroxylation is 1. The molecule has 1 aromatic carbocycles. The van der Waals surface area contributed by atoms with Crippen molar-refractivity contribution in [3.05, 3.63) is 54.3 Å². The summed E-state index contributed by atoms with van der Waals surface area (Å²) in [5.74, 6) is 0.657. The van der Waals surface area contributed by atoms with Crippen LogP contribution >= 0.6 is 11.8 Å². The molecule has 0 unspecified atom stereocenters. The summed E-state index contributed by atoms with van der Waals surface area (Å²) in [4.78, 5) is 4.66. The molecular formula is C15H17NO2S2. The second kappa shape index (κ2) is 6.90. The Morgan fingerprint density at radius 3 is 2.70 bits per heavy atom. The molecule has 0 fully saturated rings. The van der Waals surface area contributed by atoms with Crippen molar-refractivity contribution < 1.29 is 8.42 Å². The van der Waals surface area contributed by atoms with Crippen LogP contribution in [0.3, 0.4) is 0 Å². The third kappa shape index (κ3) is 4.35. The van der Waals surface area contributed by atoms with Crippen molar-refractivity contribution in [3.63, 3.8) is 0 Å². The molecule has 0 N–H and O–H groups in total. The molecule has 0 spiro atoms. The first-order valence-electron chi connectivity index (χ1n) is 6.38. The van der Waals surface area contributed by atoms with Crippen molar-refractivity contribution in [2.45, 2.75) is 18.2 Å². The van der Waals surface area contributed by atoms with E-state index in [1.165, 1.54) is 11.8 Å². The van der Waals surface area contributed by atoms with Crippen LogP contribution in [0.25, 0.3) is 0 Å². The molecule has 20 heavy (non-hydrogen) atoms. The quantitative estimate of drug-likeness (QED) is 0.856. The maximum Gasteiger partial charge on any atom is 0.179 e. The van der Waals surface area contributed by atoms with Crippen molar-refractivity contribution in [2.75, 3.05) is 11.5 Å². The van der Waals surface area contributed by atoms with Crippen molar-refractivity contribution in [1.82, 2.24) is 0 Å². The van der Waals surface area contributed by atoms with E-state index in [1.807, 2.05) is 37.3 Å². The second-order valence-electron chi connectivity index (χ2n) is 4.48. The van der Waals surface area contributed by atoms with Crippen LogP contribution in [-0.2, 0) is 9.84 Å². The minimum absolute atomic E-state index is 0.132.